The second-order valence-corrected chi connectivity index (χ2v) is 10.1. The van der Waals surface area contributed by atoms with Crippen LogP contribution in [0.3, 0.4) is 0 Å². The van der Waals surface area contributed by atoms with E-state index >= 15 is 0 Å². The Morgan fingerprint density at radius 2 is 1.75 bits per heavy atom. The third-order valence-corrected chi connectivity index (χ3v) is 7.49. The van der Waals surface area contributed by atoms with E-state index in [9.17, 15) is 18.8 Å². The number of carbonyl (C=O) groups is 3. The molecule has 36 heavy (non-hydrogen) atoms. The number of para-hydroxylation sites is 1. The molecule has 2 aromatic rings. The standard InChI is InChI=1S/C28H35FN4O3/c1-5-20-11-12-23(29)22(17-20)25(34)30-24(19(2)3)26(35)32-15-13-28(14-16-32)27(36)31(4)18-33(28)21-9-7-6-8-10-21/h6-12,17,19,24H,5,13-16,18H2,1-4H3,(H,30,34)/t24-/m1/s1. The van der Waals surface area contributed by atoms with Gasteiger partial charge in [0.05, 0.1) is 12.2 Å². The number of benzene rings is 2. The molecule has 192 valence electrons. The fourth-order valence-corrected chi connectivity index (χ4v) is 5.30. The lowest BCUT2D eigenvalue weighted by Gasteiger charge is -2.44. The Balaban J connectivity index is 1.49. The Labute approximate surface area is 212 Å². The quantitative estimate of drug-likeness (QED) is 0.668. The van der Waals surface area contributed by atoms with Gasteiger partial charge in [0, 0.05) is 25.8 Å². The first-order chi connectivity index (χ1) is 17.2. The van der Waals surface area contributed by atoms with Gasteiger partial charge in [-0.05, 0) is 55.0 Å². The molecule has 0 aromatic heterocycles. The van der Waals surface area contributed by atoms with E-state index in [1.807, 2.05) is 58.2 Å². The van der Waals surface area contributed by atoms with E-state index in [0.29, 0.717) is 39.0 Å². The van der Waals surface area contributed by atoms with Crippen molar-refractivity contribution >= 4 is 23.4 Å². The number of amides is 3. The zero-order valence-corrected chi connectivity index (χ0v) is 21.5. The van der Waals surface area contributed by atoms with E-state index in [4.69, 9.17) is 0 Å². The van der Waals surface area contributed by atoms with Gasteiger partial charge in [-0.25, -0.2) is 4.39 Å². The first-order valence-corrected chi connectivity index (χ1v) is 12.6. The maximum atomic E-state index is 14.4. The zero-order chi connectivity index (χ0) is 26.0. The van der Waals surface area contributed by atoms with Crippen LogP contribution >= 0.6 is 0 Å². The maximum Gasteiger partial charge on any atom is 0.254 e. The molecule has 2 heterocycles. The van der Waals surface area contributed by atoms with E-state index in [0.717, 1.165) is 11.3 Å². The van der Waals surface area contributed by atoms with Crippen molar-refractivity contribution in [3.05, 3.63) is 65.5 Å². The number of anilines is 1. The van der Waals surface area contributed by atoms with Crippen molar-refractivity contribution < 1.29 is 18.8 Å². The number of halogens is 1. The van der Waals surface area contributed by atoms with Gasteiger partial charge < -0.3 is 20.0 Å². The highest BCUT2D eigenvalue weighted by atomic mass is 19.1. The predicted octanol–water partition coefficient (Wildman–Crippen LogP) is 3.44. The summed E-state index contributed by atoms with van der Waals surface area (Å²) in [6.07, 6.45) is 1.68. The van der Waals surface area contributed by atoms with Gasteiger partial charge in [0.15, 0.2) is 0 Å². The van der Waals surface area contributed by atoms with Crippen molar-refractivity contribution in [2.75, 3.05) is 31.7 Å². The average molecular weight is 495 g/mol. The molecular weight excluding hydrogens is 459 g/mol. The van der Waals surface area contributed by atoms with Gasteiger partial charge >= 0.3 is 0 Å². The Hall–Kier alpha value is -3.42. The first-order valence-electron chi connectivity index (χ1n) is 12.6. The molecule has 0 bridgehead atoms. The monoisotopic (exact) mass is 494 g/mol. The number of hydrogen-bond donors (Lipinski definition) is 1. The fraction of sp³-hybridized carbons (Fsp3) is 0.464. The van der Waals surface area contributed by atoms with Crippen LogP contribution in [0.1, 0.15) is 49.5 Å². The van der Waals surface area contributed by atoms with Crippen molar-refractivity contribution in [3.8, 4) is 0 Å². The normalized spacial score (nSPS) is 18.2. The molecule has 8 heteroatoms. The van der Waals surface area contributed by atoms with E-state index in [-0.39, 0.29) is 23.3 Å². The van der Waals surface area contributed by atoms with Crippen molar-refractivity contribution in [2.45, 2.75) is 51.6 Å². The molecule has 4 rings (SSSR count). The van der Waals surface area contributed by atoms with Crippen LogP contribution in [0.15, 0.2) is 48.5 Å². The molecule has 1 N–H and O–H groups in total. The van der Waals surface area contributed by atoms with Crippen molar-refractivity contribution in [1.29, 1.82) is 0 Å². The second-order valence-electron chi connectivity index (χ2n) is 10.1. The molecule has 2 aliphatic heterocycles. The van der Waals surface area contributed by atoms with E-state index < -0.39 is 23.3 Å². The van der Waals surface area contributed by atoms with Crippen LogP contribution < -0.4 is 10.2 Å². The summed E-state index contributed by atoms with van der Waals surface area (Å²) in [5.41, 5.74) is 1.10. The molecule has 3 amide bonds. The van der Waals surface area contributed by atoms with Crippen LogP contribution in [0.25, 0.3) is 0 Å². The van der Waals surface area contributed by atoms with Gasteiger partial charge in [-0.15, -0.1) is 0 Å². The third kappa shape index (κ3) is 4.68. The molecule has 1 spiro atoms. The lowest BCUT2D eigenvalue weighted by atomic mass is 9.85. The van der Waals surface area contributed by atoms with Crippen LogP contribution in [-0.2, 0) is 16.0 Å². The van der Waals surface area contributed by atoms with Gasteiger partial charge in [-0.2, -0.15) is 0 Å². The predicted molar refractivity (Wildman–Crippen MR) is 137 cm³/mol. The number of nitrogens with zero attached hydrogens (tertiary/aromatic N) is 3. The number of hydrogen-bond acceptors (Lipinski definition) is 4. The lowest BCUT2D eigenvalue weighted by Crippen LogP contribution is -2.60. The fourth-order valence-electron chi connectivity index (χ4n) is 5.30. The Morgan fingerprint density at radius 1 is 1.08 bits per heavy atom. The van der Waals surface area contributed by atoms with Crippen LogP contribution in [-0.4, -0.2) is 65.9 Å². The van der Waals surface area contributed by atoms with Gasteiger partial charge in [0.25, 0.3) is 5.91 Å². The number of nitrogens with one attached hydrogen (secondary N) is 1. The molecule has 0 saturated carbocycles. The zero-order valence-electron chi connectivity index (χ0n) is 21.5. The second kappa shape index (κ2) is 10.3. The topological polar surface area (TPSA) is 73.0 Å². The summed E-state index contributed by atoms with van der Waals surface area (Å²) in [6, 6.07) is 13.6. The summed E-state index contributed by atoms with van der Waals surface area (Å²) in [7, 11) is 1.81. The number of likely N-dealkylation sites (tertiary alicyclic amines) is 1. The molecule has 0 radical (unpaired) electrons. The Bertz CT molecular complexity index is 1130. The maximum absolute atomic E-state index is 14.4. The van der Waals surface area contributed by atoms with E-state index in [2.05, 4.69) is 10.2 Å². The van der Waals surface area contributed by atoms with Crippen molar-refractivity contribution in [3.63, 3.8) is 0 Å². The Morgan fingerprint density at radius 3 is 2.36 bits per heavy atom. The highest BCUT2D eigenvalue weighted by molar-refractivity contribution is 5.98. The van der Waals surface area contributed by atoms with Gasteiger partial charge in [0.1, 0.15) is 17.4 Å². The average Bonchev–Trinajstić information content (AvgIpc) is 3.12. The minimum absolute atomic E-state index is 0.0523. The molecule has 0 aliphatic carbocycles. The van der Waals surface area contributed by atoms with E-state index in [1.165, 1.54) is 12.1 Å². The summed E-state index contributed by atoms with van der Waals surface area (Å²) in [4.78, 5) is 45.3. The molecule has 1 atom stereocenters. The summed E-state index contributed by atoms with van der Waals surface area (Å²) < 4.78 is 14.4. The van der Waals surface area contributed by atoms with E-state index in [1.54, 1.807) is 15.9 Å². The molecular formula is C28H35FN4O3. The number of piperidine rings is 1. The molecule has 7 nitrogen and oxygen atoms in total. The first kappa shape index (κ1) is 25.7. The smallest absolute Gasteiger partial charge is 0.254 e. The highest BCUT2D eigenvalue weighted by Crippen LogP contribution is 2.39. The summed E-state index contributed by atoms with van der Waals surface area (Å²) in [5, 5.41) is 2.78. The van der Waals surface area contributed by atoms with Crippen LogP contribution in [0, 0.1) is 11.7 Å². The summed E-state index contributed by atoms with van der Waals surface area (Å²) >= 11 is 0. The number of likely N-dealkylation sites (N-methyl/N-ethyl adjacent to an activating group) is 1. The van der Waals surface area contributed by atoms with Crippen LogP contribution in [0.5, 0.6) is 0 Å². The van der Waals surface area contributed by atoms with Crippen molar-refractivity contribution in [1.82, 2.24) is 15.1 Å². The van der Waals surface area contributed by atoms with Gasteiger partial charge in [-0.1, -0.05) is 45.0 Å². The number of rotatable bonds is 6. The highest BCUT2D eigenvalue weighted by Gasteiger charge is 2.53. The van der Waals surface area contributed by atoms with Crippen LogP contribution in [0.2, 0.25) is 0 Å². The molecule has 2 aromatic carbocycles. The van der Waals surface area contributed by atoms with Gasteiger partial charge in [0.2, 0.25) is 11.8 Å². The molecule has 2 fully saturated rings. The lowest BCUT2D eigenvalue weighted by molar-refractivity contribution is -0.139. The summed E-state index contributed by atoms with van der Waals surface area (Å²) in [5.74, 6) is -1.52. The SMILES string of the molecule is CCc1ccc(F)c(C(=O)N[C@@H](C(=O)N2CCC3(CC2)C(=O)N(C)CN3c2ccccc2)C(C)C)c1. The minimum atomic E-state index is -0.789. The molecule has 2 aliphatic rings. The largest absolute Gasteiger partial charge is 0.341 e. The third-order valence-electron chi connectivity index (χ3n) is 7.49. The molecule has 2 saturated heterocycles. The van der Waals surface area contributed by atoms with Crippen LogP contribution in [0.4, 0.5) is 10.1 Å². The summed E-state index contributed by atoms with van der Waals surface area (Å²) in [6.45, 7) is 6.97. The molecule has 0 unspecified atom stereocenters. The van der Waals surface area contributed by atoms with Gasteiger partial charge in [-0.3, -0.25) is 14.4 Å². The van der Waals surface area contributed by atoms with Crippen molar-refractivity contribution in [2.24, 2.45) is 5.92 Å². The minimum Gasteiger partial charge on any atom is -0.341 e. The Kier molecular flexibility index (Phi) is 7.33. The number of carbonyl (C=O) groups excluding carboxylic acids is 3. The number of aryl methyl sites for hydroxylation is 1.